The molecule has 0 heterocycles. The molecule has 0 atom stereocenters. The summed E-state index contributed by atoms with van der Waals surface area (Å²) in [6.45, 7) is 7.40. The van der Waals surface area contributed by atoms with E-state index in [4.69, 9.17) is 4.74 Å². The van der Waals surface area contributed by atoms with Crippen LogP contribution in [0.1, 0.15) is 49.0 Å². The van der Waals surface area contributed by atoms with Crippen molar-refractivity contribution in [3.05, 3.63) is 35.4 Å². The highest BCUT2D eigenvalue weighted by Crippen LogP contribution is 2.15. The van der Waals surface area contributed by atoms with Gasteiger partial charge in [-0.05, 0) is 18.4 Å². The molecule has 0 bridgehead atoms. The van der Waals surface area contributed by atoms with E-state index in [9.17, 15) is 4.79 Å². The minimum absolute atomic E-state index is 0.156. The van der Waals surface area contributed by atoms with Crippen molar-refractivity contribution < 1.29 is 9.53 Å². The lowest BCUT2D eigenvalue weighted by Gasteiger charge is -2.06. The van der Waals surface area contributed by atoms with Gasteiger partial charge in [0, 0.05) is 18.6 Å². The smallest absolute Gasteiger partial charge is 0.165 e. The third-order valence-corrected chi connectivity index (χ3v) is 2.58. The van der Waals surface area contributed by atoms with Gasteiger partial charge >= 0.3 is 0 Å². The molecule has 0 aliphatic rings. The molecule has 0 N–H and O–H groups in total. The molecule has 2 nitrogen and oxygen atoms in total. The number of carbonyl (C=O) groups is 1. The molecule has 1 aromatic rings. The van der Waals surface area contributed by atoms with Gasteiger partial charge in [-0.25, -0.2) is 0 Å². The van der Waals surface area contributed by atoms with Crippen LogP contribution in [0.4, 0.5) is 0 Å². The summed E-state index contributed by atoms with van der Waals surface area (Å²) in [6.07, 6.45) is 0.467. The molecule has 1 rings (SSSR count). The van der Waals surface area contributed by atoms with Crippen LogP contribution >= 0.6 is 0 Å². The molecule has 88 valence electrons. The summed E-state index contributed by atoms with van der Waals surface area (Å²) < 4.78 is 5.17. The predicted molar refractivity (Wildman–Crippen MR) is 66.0 cm³/mol. The molecule has 0 aromatic heterocycles. The van der Waals surface area contributed by atoms with Crippen molar-refractivity contribution in [2.45, 2.75) is 33.1 Å². The number of rotatable bonds is 6. The van der Waals surface area contributed by atoms with Crippen LogP contribution in [0, 0.1) is 0 Å². The molecule has 0 unspecified atom stereocenters. The Labute approximate surface area is 97.6 Å². The topological polar surface area (TPSA) is 26.3 Å². The molecular weight excluding hydrogens is 200 g/mol. The first-order valence-corrected chi connectivity index (χ1v) is 5.86. The Bertz CT molecular complexity index is 325. The van der Waals surface area contributed by atoms with Crippen molar-refractivity contribution in [1.29, 1.82) is 0 Å². The van der Waals surface area contributed by atoms with Gasteiger partial charge in [0.1, 0.15) is 0 Å². The zero-order chi connectivity index (χ0) is 12.0. The Morgan fingerprint density at radius 3 is 2.38 bits per heavy atom. The number of hydrogen-bond donors (Lipinski definition) is 0. The molecule has 0 saturated heterocycles. The Balaban J connectivity index is 2.56. The summed E-state index contributed by atoms with van der Waals surface area (Å²) in [5.41, 5.74) is 2.05. The minimum Gasteiger partial charge on any atom is -0.381 e. The molecule has 1 aromatic carbocycles. The van der Waals surface area contributed by atoms with Crippen molar-refractivity contribution in [2.75, 3.05) is 13.2 Å². The highest BCUT2D eigenvalue weighted by Gasteiger charge is 2.06. The monoisotopic (exact) mass is 220 g/mol. The summed E-state index contributed by atoms with van der Waals surface area (Å²) >= 11 is 0. The predicted octanol–water partition coefficient (Wildman–Crippen LogP) is 3.42. The lowest BCUT2D eigenvalue weighted by molar-refractivity contribution is 0.0896. The van der Waals surface area contributed by atoms with Gasteiger partial charge in [-0.15, -0.1) is 0 Å². The Kier molecular flexibility index (Phi) is 5.20. The summed E-state index contributed by atoms with van der Waals surface area (Å²) in [6, 6.07) is 7.87. The Hall–Kier alpha value is -1.15. The average Bonchev–Trinajstić information content (AvgIpc) is 2.29. The first-order valence-electron chi connectivity index (χ1n) is 5.86. The van der Waals surface area contributed by atoms with Gasteiger partial charge in [0.25, 0.3) is 0 Å². The molecule has 0 saturated carbocycles. The molecular formula is C14H20O2. The van der Waals surface area contributed by atoms with Crippen LogP contribution in [-0.4, -0.2) is 19.0 Å². The van der Waals surface area contributed by atoms with E-state index in [0.717, 1.165) is 5.56 Å². The van der Waals surface area contributed by atoms with Crippen molar-refractivity contribution in [3.8, 4) is 0 Å². The second kappa shape index (κ2) is 6.44. The molecule has 0 spiro atoms. The summed E-state index contributed by atoms with van der Waals surface area (Å²) in [5.74, 6) is 0.663. The van der Waals surface area contributed by atoms with E-state index >= 15 is 0 Å². The van der Waals surface area contributed by atoms with Crippen LogP contribution in [0.5, 0.6) is 0 Å². The van der Waals surface area contributed by atoms with Crippen molar-refractivity contribution in [3.63, 3.8) is 0 Å². The lowest BCUT2D eigenvalue weighted by Crippen LogP contribution is -2.04. The van der Waals surface area contributed by atoms with Crippen LogP contribution in [0.3, 0.4) is 0 Å². The van der Waals surface area contributed by atoms with E-state index in [1.807, 2.05) is 31.2 Å². The molecule has 0 aliphatic carbocycles. The van der Waals surface area contributed by atoms with Crippen LogP contribution in [0.15, 0.2) is 24.3 Å². The van der Waals surface area contributed by atoms with Crippen molar-refractivity contribution >= 4 is 5.78 Å². The fraction of sp³-hybridized carbons (Fsp3) is 0.500. The van der Waals surface area contributed by atoms with Crippen LogP contribution in [0.2, 0.25) is 0 Å². The SMILES string of the molecule is CCOCCC(=O)c1ccc(C(C)C)cc1. The number of Topliss-reactive ketones (excluding diaryl/α,β-unsaturated/α-hetero) is 1. The highest BCUT2D eigenvalue weighted by molar-refractivity contribution is 5.96. The third kappa shape index (κ3) is 3.78. The number of benzene rings is 1. The normalized spacial score (nSPS) is 10.8. The molecule has 2 heteroatoms. The van der Waals surface area contributed by atoms with Crippen molar-refractivity contribution in [2.24, 2.45) is 0 Å². The average molecular weight is 220 g/mol. The van der Waals surface area contributed by atoms with E-state index in [0.29, 0.717) is 25.6 Å². The van der Waals surface area contributed by atoms with Gasteiger partial charge in [-0.1, -0.05) is 38.1 Å². The fourth-order valence-corrected chi connectivity index (χ4v) is 1.51. The van der Waals surface area contributed by atoms with Gasteiger partial charge in [-0.3, -0.25) is 4.79 Å². The van der Waals surface area contributed by atoms with E-state index < -0.39 is 0 Å². The van der Waals surface area contributed by atoms with Gasteiger partial charge in [0.2, 0.25) is 0 Å². The maximum Gasteiger partial charge on any atom is 0.165 e. The first kappa shape index (κ1) is 12.9. The number of hydrogen-bond acceptors (Lipinski definition) is 2. The maximum absolute atomic E-state index is 11.7. The van der Waals surface area contributed by atoms with E-state index in [2.05, 4.69) is 13.8 Å². The molecule has 0 amide bonds. The van der Waals surface area contributed by atoms with Crippen molar-refractivity contribution in [1.82, 2.24) is 0 Å². The van der Waals surface area contributed by atoms with Gasteiger partial charge in [0.05, 0.1) is 6.61 Å². The number of ether oxygens (including phenoxy) is 1. The zero-order valence-electron chi connectivity index (χ0n) is 10.3. The standard InChI is InChI=1S/C14H20O2/c1-4-16-10-9-14(15)13-7-5-12(6-8-13)11(2)3/h5-8,11H,4,9-10H2,1-3H3. The van der Waals surface area contributed by atoms with Gasteiger partial charge < -0.3 is 4.74 Å². The minimum atomic E-state index is 0.156. The number of carbonyl (C=O) groups excluding carboxylic acids is 1. The van der Waals surface area contributed by atoms with E-state index in [1.165, 1.54) is 5.56 Å². The van der Waals surface area contributed by atoms with Gasteiger partial charge in [-0.2, -0.15) is 0 Å². The maximum atomic E-state index is 11.7. The summed E-state index contributed by atoms with van der Waals surface area (Å²) in [7, 11) is 0. The third-order valence-electron chi connectivity index (χ3n) is 2.58. The first-order chi connectivity index (χ1) is 7.65. The molecule has 0 radical (unpaired) electrons. The largest absolute Gasteiger partial charge is 0.381 e. The fourth-order valence-electron chi connectivity index (χ4n) is 1.51. The van der Waals surface area contributed by atoms with E-state index in [-0.39, 0.29) is 5.78 Å². The Morgan fingerprint density at radius 1 is 1.25 bits per heavy atom. The molecule has 16 heavy (non-hydrogen) atoms. The quantitative estimate of drug-likeness (QED) is 0.542. The summed E-state index contributed by atoms with van der Waals surface area (Å²) in [4.78, 5) is 11.7. The lowest BCUT2D eigenvalue weighted by atomic mass is 10.00. The highest BCUT2D eigenvalue weighted by atomic mass is 16.5. The van der Waals surface area contributed by atoms with Gasteiger partial charge in [0.15, 0.2) is 5.78 Å². The molecule has 0 aliphatic heterocycles. The number of ketones is 1. The second-order valence-electron chi connectivity index (χ2n) is 4.15. The van der Waals surface area contributed by atoms with E-state index in [1.54, 1.807) is 0 Å². The zero-order valence-corrected chi connectivity index (χ0v) is 10.3. The second-order valence-corrected chi connectivity index (χ2v) is 4.15. The summed E-state index contributed by atoms with van der Waals surface area (Å²) in [5, 5.41) is 0. The van der Waals surface area contributed by atoms with Crippen LogP contribution < -0.4 is 0 Å². The Morgan fingerprint density at radius 2 is 1.88 bits per heavy atom. The molecule has 0 fully saturated rings. The van der Waals surface area contributed by atoms with Crippen LogP contribution in [-0.2, 0) is 4.74 Å². The van der Waals surface area contributed by atoms with Crippen LogP contribution in [0.25, 0.3) is 0 Å².